The molecule has 0 atom stereocenters. The maximum atomic E-state index is 11.9. The Kier molecular flexibility index (Phi) is 4.73. The Balaban J connectivity index is 2.11. The van der Waals surface area contributed by atoms with Gasteiger partial charge >= 0.3 is 0 Å². The van der Waals surface area contributed by atoms with Crippen LogP contribution in [0.15, 0.2) is 42.5 Å². The fraction of sp³-hybridized carbons (Fsp3) is 0.0714. The molecule has 0 bridgehead atoms. The first kappa shape index (κ1) is 15.2. The average molecular weight is 397 g/mol. The number of benzene rings is 2. The summed E-state index contributed by atoms with van der Waals surface area (Å²) in [5.41, 5.74) is 0.482. The lowest BCUT2D eigenvalue weighted by Gasteiger charge is -2.13. The van der Waals surface area contributed by atoms with Gasteiger partial charge in [0.2, 0.25) is 0 Å². The molecule has 6 nitrogen and oxygen atoms in total. The summed E-state index contributed by atoms with van der Waals surface area (Å²) in [5, 5.41) is 24.9. The first-order valence-corrected chi connectivity index (χ1v) is 7.03. The van der Waals surface area contributed by atoms with Gasteiger partial charge in [-0.1, -0.05) is 12.1 Å². The maximum Gasteiger partial charge on any atom is 0.269 e. The molecule has 2 rings (SSSR count). The standard InChI is InChI=1S/C14H11IN2O4/c15-11-3-1-2-9(6-11)14(19)16-8-10-7-12(17(20)21)4-5-13(10)18/h1-7,18H,8H2,(H,16,19)/p-1. The van der Waals surface area contributed by atoms with Gasteiger partial charge in [-0.2, -0.15) is 0 Å². The summed E-state index contributed by atoms with van der Waals surface area (Å²) in [6.45, 7) is -0.0508. The highest BCUT2D eigenvalue weighted by Gasteiger charge is 2.09. The molecule has 0 aliphatic rings. The van der Waals surface area contributed by atoms with Crippen LogP contribution in [0, 0.1) is 13.7 Å². The highest BCUT2D eigenvalue weighted by Crippen LogP contribution is 2.20. The summed E-state index contributed by atoms with van der Waals surface area (Å²) < 4.78 is 0.917. The van der Waals surface area contributed by atoms with Gasteiger partial charge < -0.3 is 10.4 Å². The number of rotatable bonds is 4. The number of amides is 1. The van der Waals surface area contributed by atoms with E-state index in [0.29, 0.717) is 5.56 Å². The number of nitro groups is 1. The van der Waals surface area contributed by atoms with E-state index in [9.17, 15) is 20.0 Å². The Bertz CT molecular complexity index is 703. The van der Waals surface area contributed by atoms with Gasteiger partial charge in [-0.25, -0.2) is 0 Å². The Hall–Kier alpha value is -2.16. The molecule has 2 aromatic carbocycles. The second-order valence-electron chi connectivity index (χ2n) is 4.24. The molecule has 7 heteroatoms. The van der Waals surface area contributed by atoms with E-state index in [0.717, 1.165) is 15.7 Å². The van der Waals surface area contributed by atoms with Crippen molar-refractivity contribution >= 4 is 34.2 Å². The molecule has 108 valence electrons. The van der Waals surface area contributed by atoms with E-state index in [4.69, 9.17) is 0 Å². The van der Waals surface area contributed by atoms with Crippen molar-refractivity contribution in [2.24, 2.45) is 0 Å². The molecule has 0 unspecified atom stereocenters. The van der Waals surface area contributed by atoms with Crippen LogP contribution in [-0.4, -0.2) is 10.8 Å². The molecule has 1 amide bonds. The maximum absolute atomic E-state index is 11.9. The summed E-state index contributed by atoms with van der Waals surface area (Å²) in [6, 6.07) is 10.4. The van der Waals surface area contributed by atoms with Crippen LogP contribution >= 0.6 is 22.6 Å². The van der Waals surface area contributed by atoms with Crippen molar-refractivity contribution in [3.05, 3.63) is 67.3 Å². The monoisotopic (exact) mass is 397 g/mol. The van der Waals surface area contributed by atoms with Crippen LogP contribution < -0.4 is 10.4 Å². The smallest absolute Gasteiger partial charge is 0.269 e. The van der Waals surface area contributed by atoms with Crippen LogP contribution in [-0.2, 0) is 6.54 Å². The SMILES string of the molecule is O=C(NCc1cc([N+](=O)[O-])ccc1[O-])c1cccc(I)c1. The number of nitrogens with one attached hydrogen (secondary N) is 1. The number of halogens is 1. The Morgan fingerprint density at radius 2 is 2.00 bits per heavy atom. The fourth-order valence-electron chi connectivity index (χ4n) is 1.72. The molecule has 0 aliphatic carbocycles. The van der Waals surface area contributed by atoms with E-state index >= 15 is 0 Å². The quantitative estimate of drug-likeness (QED) is 0.486. The molecule has 0 spiro atoms. The lowest BCUT2D eigenvalue weighted by atomic mass is 10.1. The zero-order valence-corrected chi connectivity index (χ0v) is 12.9. The average Bonchev–Trinajstić information content (AvgIpc) is 2.45. The zero-order chi connectivity index (χ0) is 15.4. The Morgan fingerprint density at radius 3 is 2.67 bits per heavy atom. The molecule has 0 heterocycles. The first-order valence-electron chi connectivity index (χ1n) is 5.95. The van der Waals surface area contributed by atoms with Crippen LogP contribution in [0.2, 0.25) is 0 Å². The second kappa shape index (κ2) is 6.53. The summed E-state index contributed by atoms with van der Waals surface area (Å²) in [4.78, 5) is 22.0. The number of carbonyl (C=O) groups excluding carboxylic acids is 1. The van der Waals surface area contributed by atoms with Crippen LogP contribution in [0.4, 0.5) is 5.69 Å². The number of carbonyl (C=O) groups is 1. The molecule has 0 aliphatic heterocycles. The van der Waals surface area contributed by atoms with Gasteiger partial charge in [-0.05, 0) is 46.4 Å². The van der Waals surface area contributed by atoms with Crippen LogP contribution in [0.3, 0.4) is 0 Å². The minimum Gasteiger partial charge on any atom is -0.872 e. The summed E-state index contributed by atoms with van der Waals surface area (Å²) in [7, 11) is 0. The lowest BCUT2D eigenvalue weighted by Crippen LogP contribution is -2.23. The predicted octanol–water partition coefficient (Wildman–Crippen LogP) is 2.20. The van der Waals surface area contributed by atoms with Crippen molar-refractivity contribution < 1.29 is 14.8 Å². The van der Waals surface area contributed by atoms with Crippen molar-refractivity contribution in [3.8, 4) is 5.75 Å². The minimum absolute atomic E-state index is 0.0508. The first-order chi connectivity index (χ1) is 9.97. The number of nitrogens with zero attached hydrogens (tertiary/aromatic N) is 1. The number of hydrogen-bond acceptors (Lipinski definition) is 4. The van der Waals surface area contributed by atoms with Crippen molar-refractivity contribution in [1.82, 2.24) is 5.32 Å². The highest BCUT2D eigenvalue weighted by atomic mass is 127. The molecule has 0 radical (unpaired) electrons. The summed E-state index contributed by atoms with van der Waals surface area (Å²) >= 11 is 2.09. The van der Waals surface area contributed by atoms with Gasteiger partial charge in [-0.15, -0.1) is 5.75 Å². The topological polar surface area (TPSA) is 95.3 Å². The lowest BCUT2D eigenvalue weighted by molar-refractivity contribution is -0.385. The van der Waals surface area contributed by atoms with Gasteiger partial charge in [0.25, 0.3) is 11.6 Å². The molecule has 0 fully saturated rings. The molecule has 0 saturated heterocycles. The normalized spacial score (nSPS) is 10.1. The molecule has 21 heavy (non-hydrogen) atoms. The van der Waals surface area contributed by atoms with Gasteiger partial charge in [0.1, 0.15) is 0 Å². The predicted molar refractivity (Wildman–Crippen MR) is 82.9 cm³/mol. The fourth-order valence-corrected chi connectivity index (χ4v) is 2.27. The molecule has 1 N–H and O–H groups in total. The molecule has 0 saturated carbocycles. The number of non-ortho nitro benzene ring substituents is 1. The second-order valence-corrected chi connectivity index (χ2v) is 5.49. The third-order valence-electron chi connectivity index (χ3n) is 2.78. The van der Waals surface area contributed by atoms with E-state index in [1.807, 2.05) is 6.07 Å². The van der Waals surface area contributed by atoms with Crippen molar-refractivity contribution in [3.63, 3.8) is 0 Å². The van der Waals surface area contributed by atoms with Gasteiger partial charge in [0.05, 0.1) is 4.92 Å². The van der Waals surface area contributed by atoms with E-state index in [1.54, 1.807) is 18.2 Å². The molecular formula is C14H10IN2O4-. The van der Waals surface area contributed by atoms with E-state index < -0.39 is 4.92 Å². The Morgan fingerprint density at radius 1 is 1.24 bits per heavy atom. The van der Waals surface area contributed by atoms with Crippen molar-refractivity contribution in [1.29, 1.82) is 0 Å². The van der Waals surface area contributed by atoms with E-state index in [-0.39, 0.29) is 29.5 Å². The number of hydrogen-bond donors (Lipinski definition) is 1. The highest BCUT2D eigenvalue weighted by molar-refractivity contribution is 14.1. The molecule has 0 aromatic heterocycles. The molecule has 2 aromatic rings. The summed E-state index contributed by atoms with van der Waals surface area (Å²) in [6.07, 6.45) is 0. The van der Waals surface area contributed by atoms with Crippen LogP contribution in [0.25, 0.3) is 0 Å². The minimum atomic E-state index is -0.579. The van der Waals surface area contributed by atoms with E-state index in [2.05, 4.69) is 27.9 Å². The number of nitro benzene ring substituents is 1. The third kappa shape index (κ3) is 3.91. The van der Waals surface area contributed by atoms with Gasteiger partial charge in [0, 0.05) is 27.8 Å². The van der Waals surface area contributed by atoms with Crippen LogP contribution in [0.1, 0.15) is 15.9 Å². The van der Waals surface area contributed by atoms with Gasteiger partial charge in [0.15, 0.2) is 0 Å². The van der Waals surface area contributed by atoms with E-state index in [1.165, 1.54) is 6.07 Å². The van der Waals surface area contributed by atoms with Crippen molar-refractivity contribution in [2.75, 3.05) is 0 Å². The molecular weight excluding hydrogens is 387 g/mol. The third-order valence-corrected chi connectivity index (χ3v) is 3.45. The van der Waals surface area contributed by atoms with Crippen molar-refractivity contribution in [2.45, 2.75) is 6.54 Å². The van der Waals surface area contributed by atoms with Gasteiger partial charge in [-0.3, -0.25) is 14.9 Å². The Labute approximate surface area is 134 Å². The van der Waals surface area contributed by atoms with Crippen LogP contribution in [0.5, 0.6) is 5.75 Å². The zero-order valence-electron chi connectivity index (χ0n) is 10.7. The largest absolute Gasteiger partial charge is 0.872 e. The summed E-state index contributed by atoms with van der Waals surface area (Å²) in [5.74, 6) is -0.678.